The lowest BCUT2D eigenvalue weighted by atomic mass is 10.2. The number of rotatable bonds is 4. The van der Waals surface area contributed by atoms with E-state index in [0.717, 1.165) is 25.3 Å². The van der Waals surface area contributed by atoms with Crippen LogP contribution in [0.4, 0.5) is 18.9 Å². The van der Waals surface area contributed by atoms with Gasteiger partial charge in [-0.3, -0.25) is 0 Å². The molecule has 0 bridgehead atoms. The van der Waals surface area contributed by atoms with Crippen molar-refractivity contribution in [3.05, 3.63) is 47.0 Å². The van der Waals surface area contributed by atoms with Crippen molar-refractivity contribution in [2.75, 3.05) is 11.8 Å². The van der Waals surface area contributed by atoms with Crippen LogP contribution in [0.2, 0.25) is 5.02 Å². The molecule has 0 aliphatic heterocycles. The standard InChI is InChI=1S/C14H11ClF3NO3S/c1-22-13-7-9(3-4-10(13)14(16,17)18)23(21)19-8-2-5-11(15)12(20)6-8/h2-7,19-20H,1H3. The largest absolute Gasteiger partial charge is 0.506 e. The van der Waals surface area contributed by atoms with Crippen LogP contribution in [0.1, 0.15) is 5.56 Å². The van der Waals surface area contributed by atoms with Gasteiger partial charge in [-0.25, -0.2) is 4.21 Å². The second-order valence-electron chi connectivity index (χ2n) is 4.40. The first-order valence-corrected chi connectivity index (χ1v) is 7.67. The number of alkyl halides is 3. The molecule has 0 saturated heterocycles. The van der Waals surface area contributed by atoms with Crippen molar-refractivity contribution in [1.82, 2.24) is 0 Å². The fourth-order valence-electron chi connectivity index (χ4n) is 1.76. The summed E-state index contributed by atoms with van der Waals surface area (Å²) in [7, 11) is -0.749. The molecule has 124 valence electrons. The summed E-state index contributed by atoms with van der Waals surface area (Å²) in [5, 5.41) is 9.60. The predicted molar refractivity (Wildman–Crippen MR) is 81.1 cm³/mol. The van der Waals surface area contributed by atoms with E-state index < -0.39 is 28.5 Å². The van der Waals surface area contributed by atoms with Crippen LogP contribution in [0, 0.1) is 0 Å². The van der Waals surface area contributed by atoms with E-state index in [4.69, 9.17) is 16.3 Å². The van der Waals surface area contributed by atoms with Crippen molar-refractivity contribution >= 4 is 28.3 Å². The molecule has 1 unspecified atom stereocenters. The van der Waals surface area contributed by atoms with Gasteiger partial charge in [0.25, 0.3) is 0 Å². The summed E-state index contributed by atoms with van der Waals surface area (Å²) in [4.78, 5) is 0.0873. The van der Waals surface area contributed by atoms with Crippen LogP contribution in [-0.2, 0) is 17.2 Å². The minimum atomic E-state index is -4.57. The van der Waals surface area contributed by atoms with Crippen molar-refractivity contribution in [3.63, 3.8) is 0 Å². The second kappa shape index (κ2) is 6.67. The van der Waals surface area contributed by atoms with Crippen molar-refractivity contribution in [3.8, 4) is 11.5 Å². The SMILES string of the molecule is COc1cc(S(=O)Nc2ccc(Cl)c(O)c2)ccc1C(F)(F)F. The number of aromatic hydroxyl groups is 1. The van der Waals surface area contributed by atoms with E-state index in [1.807, 2.05) is 0 Å². The van der Waals surface area contributed by atoms with Crippen LogP contribution in [-0.4, -0.2) is 16.4 Å². The van der Waals surface area contributed by atoms with E-state index in [1.165, 1.54) is 18.2 Å². The first-order chi connectivity index (χ1) is 10.7. The fraction of sp³-hybridized carbons (Fsp3) is 0.143. The van der Waals surface area contributed by atoms with Gasteiger partial charge in [0.15, 0.2) is 0 Å². The molecule has 0 saturated carbocycles. The molecule has 0 aliphatic rings. The lowest BCUT2D eigenvalue weighted by Crippen LogP contribution is -2.10. The number of phenolic OH excluding ortho intramolecular Hbond substituents is 1. The highest BCUT2D eigenvalue weighted by molar-refractivity contribution is 7.86. The van der Waals surface area contributed by atoms with Gasteiger partial charge >= 0.3 is 6.18 Å². The molecule has 1 atom stereocenters. The third-order valence-electron chi connectivity index (χ3n) is 2.85. The van der Waals surface area contributed by atoms with Gasteiger partial charge in [-0.1, -0.05) is 11.6 Å². The summed E-state index contributed by atoms with van der Waals surface area (Å²) in [5.41, 5.74) is -0.658. The fourth-order valence-corrected chi connectivity index (χ4v) is 2.75. The zero-order valence-corrected chi connectivity index (χ0v) is 13.2. The van der Waals surface area contributed by atoms with E-state index in [9.17, 15) is 22.5 Å². The number of methoxy groups -OCH3 is 1. The van der Waals surface area contributed by atoms with Gasteiger partial charge in [0.05, 0.1) is 28.3 Å². The number of nitrogens with one attached hydrogen (secondary N) is 1. The van der Waals surface area contributed by atoms with E-state index in [0.29, 0.717) is 5.69 Å². The molecule has 0 aliphatic carbocycles. The quantitative estimate of drug-likeness (QED) is 0.853. The highest BCUT2D eigenvalue weighted by Gasteiger charge is 2.34. The Morgan fingerprint density at radius 3 is 2.48 bits per heavy atom. The van der Waals surface area contributed by atoms with Gasteiger partial charge < -0.3 is 14.6 Å². The Labute approximate surface area is 137 Å². The van der Waals surface area contributed by atoms with Crippen LogP contribution >= 0.6 is 11.6 Å². The Morgan fingerprint density at radius 1 is 1.22 bits per heavy atom. The molecule has 0 fully saturated rings. The average molecular weight is 366 g/mol. The van der Waals surface area contributed by atoms with Crippen molar-refractivity contribution in [2.45, 2.75) is 11.1 Å². The van der Waals surface area contributed by atoms with Crippen molar-refractivity contribution < 1.29 is 27.2 Å². The van der Waals surface area contributed by atoms with Crippen LogP contribution < -0.4 is 9.46 Å². The number of phenols is 1. The smallest absolute Gasteiger partial charge is 0.419 e. The zero-order chi connectivity index (χ0) is 17.2. The molecule has 9 heteroatoms. The number of benzene rings is 2. The Hall–Kier alpha value is -1.93. The van der Waals surface area contributed by atoms with Crippen molar-refractivity contribution in [2.24, 2.45) is 0 Å². The summed E-state index contributed by atoms with van der Waals surface area (Å²) in [6, 6.07) is 7.05. The molecule has 0 heterocycles. The van der Waals surface area contributed by atoms with Gasteiger partial charge in [-0.05, 0) is 30.3 Å². The highest BCUT2D eigenvalue weighted by Crippen LogP contribution is 2.37. The number of halogens is 4. The molecule has 2 aromatic carbocycles. The third kappa shape index (κ3) is 4.08. The Bertz CT molecular complexity index is 753. The zero-order valence-electron chi connectivity index (χ0n) is 11.6. The molecule has 0 radical (unpaired) electrons. The summed E-state index contributed by atoms with van der Waals surface area (Å²) < 4.78 is 57.8. The maximum atomic E-state index is 12.8. The molecular formula is C14H11ClF3NO3S. The predicted octanol–water partition coefficient (Wildman–Crippen LogP) is 4.21. The highest BCUT2D eigenvalue weighted by atomic mass is 35.5. The minimum absolute atomic E-state index is 0.0873. The molecule has 23 heavy (non-hydrogen) atoms. The molecule has 0 amide bonds. The monoisotopic (exact) mass is 365 g/mol. The number of hydrogen-bond acceptors (Lipinski definition) is 3. The van der Waals surface area contributed by atoms with Gasteiger partial charge in [-0.2, -0.15) is 13.2 Å². The Kier molecular flexibility index (Phi) is 5.06. The van der Waals surface area contributed by atoms with Gasteiger partial charge in [-0.15, -0.1) is 0 Å². The minimum Gasteiger partial charge on any atom is -0.506 e. The Balaban J connectivity index is 2.27. The van der Waals surface area contributed by atoms with Gasteiger partial charge in [0.1, 0.15) is 22.5 Å². The maximum Gasteiger partial charge on any atom is 0.419 e. The molecule has 2 aromatic rings. The molecule has 4 nitrogen and oxygen atoms in total. The topological polar surface area (TPSA) is 58.6 Å². The molecule has 0 spiro atoms. The summed E-state index contributed by atoms with van der Waals surface area (Å²) >= 11 is 5.66. The van der Waals surface area contributed by atoms with Gasteiger partial charge in [0, 0.05) is 6.07 Å². The first kappa shape index (κ1) is 17.4. The number of hydrogen-bond donors (Lipinski definition) is 2. The van der Waals surface area contributed by atoms with Crippen molar-refractivity contribution in [1.29, 1.82) is 0 Å². The van der Waals surface area contributed by atoms with Crippen LogP contribution in [0.25, 0.3) is 0 Å². The van der Waals surface area contributed by atoms with E-state index in [1.54, 1.807) is 0 Å². The van der Waals surface area contributed by atoms with Crippen LogP contribution in [0.5, 0.6) is 11.5 Å². The van der Waals surface area contributed by atoms with E-state index >= 15 is 0 Å². The van der Waals surface area contributed by atoms with Crippen LogP contribution in [0.15, 0.2) is 41.3 Å². The molecular weight excluding hydrogens is 355 g/mol. The average Bonchev–Trinajstić information content (AvgIpc) is 2.49. The maximum absolute atomic E-state index is 12.8. The summed E-state index contributed by atoms with van der Waals surface area (Å²) in [5.74, 6) is -0.636. The van der Waals surface area contributed by atoms with E-state index in [2.05, 4.69) is 4.72 Å². The molecule has 0 aromatic heterocycles. The second-order valence-corrected chi connectivity index (χ2v) is 6.02. The number of ether oxygens (including phenoxy) is 1. The molecule has 2 rings (SSSR count). The summed E-state index contributed by atoms with van der Waals surface area (Å²) in [6.07, 6.45) is -4.57. The van der Waals surface area contributed by atoms with Gasteiger partial charge in [0.2, 0.25) is 0 Å². The van der Waals surface area contributed by atoms with E-state index in [-0.39, 0.29) is 15.7 Å². The molecule has 2 N–H and O–H groups in total. The Morgan fingerprint density at radius 2 is 1.91 bits per heavy atom. The summed E-state index contributed by atoms with van der Waals surface area (Å²) in [6.45, 7) is 0. The van der Waals surface area contributed by atoms with Crippen LogP contribution in [0.3, 0.4) is 0 Å². The number of anilines is 1. The first-order valence-electron chi connectivity index (χ1n) is 6.14. The lowest BCUT2D eigenvalue weighted by molar-refractivity contribution is -0.138. The third-order valence-corrected chi connectivity index (χ3v) is 4.27. The normalized spacial score (nSPS) is 12.7. The lowest BCUT2D eigenvalue weighted by Gasteiger charge is -2.13.